The second-order valence-electron chi connectivity index (χ2n) is 8.35. The van der Waals surface area contributed by atoms with E-state index in [1.54, 1.807) is 6.07 Å². The van der Waals surface area contributed by atoms with Crippen molar-refractivity contribution in [1.29, 1.82) is 0 Å². The van der Waals surface area contributed by atoms with E-state index in [1.807, 2.05) is 36.4 Å². The van der Waals surface area contributed by atoms with E-state index in [4.69, 9.17) is 4.74 Å². The summed E-state index contributed by atoms with van der Waals surface area (Å²) in [7, 11) is 0. The maximum atomic E-state index is 14.6. The molecule has 0 unspecified atom stereocenters. The molecule has 0 radical (unpaired) electrons. The van der Waals surface area contributed by atoms with Crippen LogP contribution in [-0.4, -0.2) is 6.61 Å². The van der Waals surface area contributed by atoms with Crippen LogP contribution >= 0.6 is 0 Å². The van der Waals surface area contributed by atoms with Crippen LogP contribution < -0.4 is 0 Å². The Morgan fingerprint density at radius 2 is 1.58 bits per heavy atom. The van der Waals surface area contributed by atoms with Gasteiger partial charge in [0, 0.05) is 0 Å². The molecule has 1 nitrogen and oxygen atoms in total. The summed E-state index contributed by atoms with van der Waals surface area (Å²) in [5.74, 6) is -0.190. The summed E-state index contributed by atoms with van der Waals surface area (Å²) in [4.78, 5) is 0. The molecular formula is C27H31F3O. The molecule has 1 saturated carbocycles. The molecule has 3 rings (SSSR count). The van der Waals surface area contributed by atoms with Crippen LogP contribution in [0.5, 0.6) is 0 Å². The molecule has 2 aromatic carbocycles. The Bertz CT molecular complexity index is 865. The van der Waals surface area contributed by atoms with Gasteiger partial charge in [-0.3, -0.25) is 0 Å². The van der Waals surface area contributed by atoms with Crippen LogP contribution in [0.4, 0.5) is 13.2 Å². The summed E-state index contributed by atoms with van der Waals surface area (Å²) in [6.45, 7) is 7.35. The van der Waals surface area contributed by atoms with Gasteiger partial charge in [0.25, 0.3) is 0 Å². The van der Waals surface area contributed by atoms with Crippen molar-refractivity contribution in [2.24, 2.45) is 5.92 Å². The van der Waals surface area contributed by atoms with Crippen molar-refractivity contribution in [2.45, 2.75) is 57.0 Å². The molecule has 0 amide bonds. The maximum absolute atomic E-state index is 14.6. The molecule has 0 spiro atoms. The van der Waals surface area contributed by atoms with Crippen molar-refractivity contribution in [3.63, 3.8) is 0 Å². The molecule has 0 N–H and O–H groups in total. The SMILES string of the molecule is C=CCCc1ccc(CCOC(F)(F)c2ccc([C@H]3CC[C@H](C=C)CC3)cc2F)cc1. The molecule has 1 aliphatic rings. The highest BCUT2D eigenvalue weighted by Gasteiger charge is 2.36. The Kier molecular flexibility index (Phi) is 8.14. The normalized spacial score (nSPS) is 19.2. The zero-order chi connectivity index (χ0) is 22.3. The highest BCUT2D eigenvalue weighted by Crippen LogP contribution is 2.38. The number of aryl methyl sites for hydroxylation is 1. The summed E-state index contributed by atoms with van der Waals surface area (Å²) >= 11 is 0. The van der Waals surface area contributed by atoms with Crippen molar-refractivity contribution in [3.8, 4) is 0 Å². The Labute approximate surface area is 183 Å². The molecule has 1 aliphatic carbocycles. The lowest BCUT2D eigenvalue weighted by molar-refractivity contribution is -0.249. The summed E-state index contributed by atoms with van der Waals surface area (Å²) in [6, 6.07) is 11.9. The fourth-order valence-electron chi connectivity index (χ4n) is 4.23. The highest BCUT2D eigenvalue weighted by atomic mass is 19.3. The smallest absolute Gasteiger partial charge is 0.316 e. The molecule has 0 atom stereocenters. The third-order valence-corrected chi connectivity index (χ3v) is 6.22. The number of hydrogen-bond donors (Lipinski definition) is 0. The molecule has 2 aromatic rings. The molecule has 0 aromatic heterocycles. The average Bonchev–Trinajstić information content (AvgIpc) is 2.78. The van der Waals surface area contributed by atoms with E-state index in [0.717, 1.165) is 49.7 Å². The van der Waals surface area contributed by atoms with Crippen molar-refractivity contribution in [2.75, 3.05) is 6.61 Å². The minimum atomic E-state index is -3.66. The minimum absolute atomic E-state index is 0.189. The van der Waals surface area contributed by atoms with E-state index in [2.05, 4.69) is 13.2 Å². The van der Waals surface area contributed by atoms with E-state index in [-0.39, 0.29) is 12.5 Å². The van der Waals surface area contributed by atoms with Crippen LogP contribution in [0, 0.1) is 11.7 Å². The molecule has 0 saturated heterocycles. The van der Waals surface area contributed by atoms with E-state index in [1.165, 1.54) is 17.7 Å². The average molecular weight is 429 g/mol. The van der Waals surface area contributed by atoms with Crippen molar-refractivity contribution >= 4 is 0 Å². The van der Waals surface area contributed by atoms with Gasteiger partial charge < -0.3 is 4.74 Å². The Balaban J connectivity index is 1.56. The lowest BCUT2D eigenvalue weighted by atomic mass is 9.78. The summed E-state index contributed by atoms with van der Waals surface area (Å²) < 4.78 is 48.4. The number of allylic oxidation sites excluding steroid dienone is 2. The second-order valence-corrected chi connectivity index (χ2v) is 8.35. The quantitative estimate of drug-likeness (QED) is 0.352. The first-order valence-electron chi connectivity index (χ1n) is 11.1. The molecule has 4 heteroatoms. The molecule has 1 fully saturated rings. The van der Waals surface area contributed by atoms with Crippen LogP contribution in [0.15, 0.2) is 67.8 Å². The molecular weight excluding hydrogens is 397 g/mol. The molecule has 31 heavy (non-hydrogen) atoms. The highest BCUT2D eigenvalue weighted by molar-refractivity contribution is 5.29. The predicted octanol–water partition coefficient (Wildman–Crippen LogP) is 7.71. The largest absolute Gasteiger partial charge is 0.386 e. The summed E-state index contributed by atoms with van der Waals surface area (Å²) in [5, 5.41) is 0. The topological polar surface area (TPSA) is 9.23 Å². The first kappa shape index (κ1) is 23.3. The van der Waals surface area contributed by atoms with Crippen LogP contribution in [0.2, 0.25) is 0 Å². The Morgan fingerprint density at radius 3 is 2.16 bits per heavy atom. The van der Waals surface area contributed by atoms with Gasteiger partial charge in [0.1, 0.15) is 5.82 Å². The number of alkyl halides is 2. The van der Waals surface area contributed by atoms with E-state index >= 15 is 0 Å². The van der Waals surface area contributed by atoms with Gasteiger partial charge in [0.15, 0.2) is 0 Å². The van der Waals surface area contributed by atoms with Crippen molar-refractivity contribution < 1.29 is 17.9 Å². The van der Waals surface area contributed by atoms with E-state index in [9.17, 15) is 13.2 Å². The van der Waals surface area contributed by atoms with Crippen LogP contribution in [0.1, 0.15) is 60.3 Å². The number of benzene rings is 2. The zero-order valence-electron chi connectivity index (χ0n) is 18.0. The van der Waals surface area contributed by atoms with Crippen LogP contribution in [-0.2, 0) is 23.7 Å². The Morgan fingerprint density at radius 1 is 0.935 bits per heavy atom. The first-order valence-corrected chi connectivity index (χ1v) is 11.1. The summed E-state index contributed by atoms with van der Waals surface area (Å²) in [6.07, 6.45) is 6.18. The lowest BCUT2D eigenvalue weighted by Crippen LogP contribution is -2.22. The monoisotopic (exact) mass is 428 g/mol. The second kappa shape index (κ2) is 10.8. The Hall–Kier alpha value is -2.33. The third kappa shape index (κ3) is 6.33. The van der Waals surface area contributed by atoms with Crippen molar-refractivity contribution in [3.05, 3.63) is 95.8 Å². The van der Waals surface area contributed by atoms with Gasteiger partial charge in [-0.2, -0.15) is 8.78 Å². The van der Waals surface area contributed by atoms with Gasteiger partial charge >= 0.3 is 6.11 Å². The molecule has 0 heterocycles. The van der Waals surface area contributed by atoms with Gasteiger partial charge in [-0.1, -0.05) is 42.5 Å². The van der Waals surface area contributed by atoms with Gasteiger partial charge in [0.05, 0.1) is 12.2 Å². The zero-order valence-corrected chi connectivity index (χ0v) is 18.0. The fourth-order valence-corrected chi connectivity index (χ4v) is 4.23. The lowest BCUT2D eigenvalue weighted by Gasteiger charge is -2.27. The standard InChI is InChI=1S/C27H31F3O/c1-3-5-6-21-7-9-22(10-8-21)17-18-31-27(29,30)25-16-15-24(19-26(25)28)23-13-11-20(4-2)12-14-23/h3-4,7-10,15-16,19-20,23H,1-2,5-6,11-14,17-18H2/t20-,23-. The third-order valence-electron chi connectivity index (χ3n) is 6.22. The van der Waals surface area contributed by atoms with Gasteiger partial charge in [-0.15, -0.1) is 13.2 Å². The molecule has 166 valence electrons. The number of hydrogen-bond acceptors (Lipinski definition) is 1. The maximum Gasteiger partial charge on any atom is 0.386 e. The van der Waals surface area contributed by atoms with Crippen molar-refractivity contribution in [1.82, 2.24) is 0 Å². The first-order chi connectivity index (χ1) is 14.9. The van der Waals surface area contributed by atoms with E-state index in [0.29, 0.717) is 12.3 Å². The number of halogens is 3. The van der Waals surface area contributed by atoms with Gasteiger partial charge in [0.2, 0.25) is 0 Å². The van der Waals surface area contributed by atoms with Crippen LogP contribution in [0.3, 0.4) is 0 Å². The molecule has 0 bridgehead atoms. The van der Waals surface area contributed by atoms with Gasteiger partial charge in [-0.05, 0) is 85.6 Å². The van der Waals surface area contributed by atoms with Gasteiger partial charge in [-0.25, -0.2) is 4.39 Å². The minimum Gasteiger partial charge on any atom is -0.316 e. The number of ether oxygens (including phenoxy) is 1. The van der Waals surface area contributed by atoms with E-state index < -0.39 is 17.5 Å². The fraction of sp³-hybridized carbons (Fsp3) is 0.407. The predicted molar refractivity (Wildman–Crippen MR) is 120 cm³/mol. The number of rotatable bonds is 10. The molecule has 0 aliphatic heterocycles. The summed E-state index contributed by atoms with van der Waals surface area (Å²) in [5.41, 5.74) is 2.17. The van der Waals surface area contributed by atoms with Crippen LogP contribution in [0.25, 0.3) is 0 Å².